The first-order valence-corrected chi connectivity index (χ1v) is 22.3. The summed E-state index contributed by atoms with van der Waals surface area (Å²) in [6, 6.07) is 17.0. The Bertz CT molecular complexity index is 2090. The van der Waals surface area contributed by atoms with E-state index in [1.54, 1.807) is 35.5 Å². The Morgan fingerprint density at radius 2 is 1.67 bits per heavy atom. The Morgan fingerprint density at radius 3 is 2.44 bits per heavy atom. The largest absolute Gasteiger partial charge is 0.369 e. The third-order valence-corrected chi connectivity index (χ3v) is 12.5. The van der Waals surface area contributed by atoms with Gasteiger partial charge in [-0.2, -0.15) is 0 Å². The second-order valence-electron chi connectivity index (χ2n) is 16.8. The minimum Gasteiger partial charge on any atom is -0.369 e. The lowest BCUT2D eigenvalue weighted by Crippen LogP contribution is -2.52. The van der Waals surface area contributed by atoms with Crippen molar-refractivity contribution in [3.63, 3.8) is 0 Å². The van der Waals surface area contributed by atoms with E-state index in [9.17, 15) is 24.0 Å². The molecule has 1 atom stereocenters. The van der Waals surface area contributed by atoms with E-state index in [2.05, 4.69) is 49.4 Å². The SMILES string of the molecule is O=C(/C=C/c1cccnc1)NCCCCC1CCN(C(=O)c2ccc(N3CCN(CCCCCCC#Cc4ccc5c(c4)CN(C4CCC(=O)NC4=O)C5=O)CC3)cc2)CC1. The molecule has 0 bridgehead atoms. The van der Waals surface area contributed by atoms with Gasteiger partial charge in [-0.25, -0.2) is 0 Å². The number of benzene rings is 2. The zero-order chi connectivity index (χ0) is 42.4. The molecule has 5 heterocycles. The lowest BCUT2D eigenvalue weighted by molar-refractivity contribution is -0.137. The zero-order valence-corrected chi connectivity index (χ0v) is 35.3. The summed E-state index contributed by atoms with van der Waals surface area (Å²) in [4.78, 5) is 74.8. The summed E-state index contributed by atoms with van der Waals surface area (Å²) in [5.74, 6) is 6.38. The minimum absolute atomic E-state index is 0.0815. The van der Waals surface area contributed by atoms with E-state index >= 15 is 0 Å². The molecule has 0 saturated carbocycles. The first kappa shape index (κ1) is 43.3. The van der Waals surface area contributed by atoms with E-state index in [1.165, 1.54) is 18.5 Å². The van der Waals surface area contributed by atoms with Gasteiger partial charge in [0.1, 0.15) is 6.04 Å². The van der Waals surface area contributed by atoms with Crippen molar-refractivity contribution in [2.24, 2.45) is 5.92 Å². The molecule has 3 fully saturated rings. The average Bonchev–Trinajstić information content (AvgIpc) is 3.61. The summed E-state index contributed by atoms with van der Waals surface area (Å²) >= 11 is 0. The maximum atomic E-state index is 13.3. The average molecular weight is 826 g/mol. The molecule has 2 aromatic carbocycles. The van der Waals surface area contributed by atoms with Crippen LogP contribution in [0.1, 0.15) is 114 Å². The molecule has 320 valence electrons. The number of hydrogen-bond donors (Lipinski definition) is 2. The molecule has 2 N–H and O–H groups in total. The monoisotopic (exact) mass is 825 g/mol. The molecule has 4 aliphatic heterocycles. The quantitative estimate of drug-likeness (QED) is 0.0800. The Morgan fingerprint density at radius 1 is 0.869 bits per heavy atom. The summed E-state index contributed by atoms with van der Waals surface area (Å²) < 4.78 is 0. The third kappa shape index (κ3) is 12.2. The van der Waals surface area contributed by atoms with Crippen LogP contribution in [0.15, 0.2) is 73.1 Å². The van der Waals surface area contributed by atoms with E-state index in [0.29, 0.717) is 31.0 Å². The van der Waals surface area contributed by atoms with Crippen molar-refractivity contribution in [2.45, 2.75) is 89.6 Å². The van der Waals surface area contributed by atoms with Gasteiger partial charge in [-0.15, -0.1) is 0 Å². The molecule has 1 aromatic heterocycles. The smallest absolute Gasteiger partial charge is 0.255 e. The van der Waals surface area contributed by atoms with Gasteiger partial charge in [-0.3, -0.25) is 39.2 Å². The molecule has 4 aliphatic rings. The topological polar surface area (TPSA) is 135 Å². The van der Waals surface area contributed by atoms with E-state index in [4.69, 9.17) is 0 Å². The van der Waals surface area contributed by atoms with Gasteiger partial charge in [0.15, 0.2) is 0 Å². The number of nitrogens with one attached hydrogen (secondary N) is 2. The van der Waals surface area contributed by atoms with Gasteiger partial charge in [-0.05, 0) is 117 Å². The number of fused-ring (bicyclic) bond motifs is 1. The van der Waals surface area contributed by atoms with E-state index in [-0.39, 0.29) is 30.0 Å². The first-order valence-electron chi connectivity index (χ1n) is 22.3. The van der Waals surface area contributed by atoms with Crippen molar-refractivity contribution in [3.05, 3.63) is 101 Å². The van der Waals surface area contributed by atoms with Crippen LogP contribution in [-0.2, 0) is 20.9 Å². The second kappa shape index (κ2) is 21.6. The zero-order valence-electron chi connectivity index (χ0n) is 35.3. The van der Waals surface area contributed by atoms with Crippen LogP contribution in [0.4, 0.5) is 5.69 Å². The number of imide groups is 1. The highest BCUT2D eigenvalue weighted by Crippen LogP contribution is 2.29. The molecule has 61 heavy (non-hydrogen) atoms. The predicted octanol–water partition coefficient (Wildman–Crippen LogP) is 5.82. The van der Waals surface area contributed by atoms with Gasteiger partial charge in [0.25, 0.3) is 11.8 Å². The molecule has 0 spiro atoms. The number of nitrogens with zero attached hydrogens (tertiary/aromatic N) is 5. The van der Waals surface area contributed by atoms with Crippen molar-refractivity contribution in [1.29, 1.82) is 0 Å². The number of pyridine rings is 1. The fraction of sp³-hybridized carbons (Fsp3) is 0.469. The van der Waals surface area contributed by atoms with Crippen molar-refractivity contribution < 1.29 is 24.0 Å². The van der Waals surface area contributed by atoms with Crippen LogP contribution in [-0.4, -0.2) is 108 Å². The van der Waals surface area contributed by atoms with Crippen LogP contribution in [0.5, 0.6) is 0 Å². The Labute approximate surface area is 360 Å². The number of anilines is 1. The lowest BCUT2D eigenvalue weighted by atomic mass is 9.91. The summed E-state index contributed by atoms with van der Waals surface area (Å²) in [5, 5.41) is 5.31. The highest BCUT2D eigenvalue weighted by Gasteiger charge is 2.39. The Hall–Kier alpha value is -5.80. The van der Waals surface area contributed by atoms with E-state index in [0.717, 1.165) is 119 Å². The number of piperidine rings is 2. The molecule has 3 saturated heterocycles. The molecular weight excluding hydrogens is 767 g/mol. The number of unbranched alkanes of at least 4 members (excludes halogenated alkanes) is 5. The molecule has 0 radical (unpaired) electrons. The summed E-state index contributed by atoms with van der Waals surface area (Å²) in [7, 11) is 0. The Balaban J connectivity index is 0.717. The number of likely N-dealkylation sites (tertiary alicyclic amines) is 1. The van der Waals surface area contributed by atoms with Gasteiger partial charge < -0.3 is 20.0 Å². The highest BCUT2D eigenvalue weighted by molar-refractivity contribution is 6.05. The van der Waals surface area contributed by atoms with Gasteiger partial charge in [0.2, 0.25) is 17.7 Å². The molecule has 1 unspecified atom stereocenters. The van der Waals surface area contributed by atoms with Gasteiger partial charge in [0, 0.05) is 106 Å². The molecule has 7 rings (SSSR count). The fourth-order valence-corrected chi connectivity index (χ4v) is 8.85. The van der Waals surface area contributed by atoms with E-state index < -0.39 is 11.9 Å². The molecule has 3 aromatic rings. The summed E-state index contributed by atoms with van der Waals surface area (Å²) in [6.07, 6.45) is 18.0. The van der Waals surface area contributed by atoms with Crippen LogP contribution in [0.25, 0.3) is 6.08 Å². The number of hydrogen-bond acceptors (Lipinski definition) is 8. The minimum atomic E-state index is -0.606. The van der Waals surface area contributed by atoms with E-state index in [1.807, 2.05) is 41.3 Å². The van der Waals surface area contributed by atoms with Crippen LogP contribution >= 0.6 is 0 Å². The number of amides is 5. The van der Waals surface area contributed by atoms with Crippen LogP contribution in [0.3, 0.4) is 0 Å². The normalized spacial score (nSPS) is 18.5. The van der Waals surface area contributed by atoms with Crippen molar-refractivity contribution >= 4 is 41.3 Å². The molecule has 0 aliphatic carbocycles. The van der Waals surface area contributed by atoms with Crippen molar-refractivity contribution in [1.82, 2.24) is 30.3 Å². The summed E-state index contributed by atoms with van der Waals surface area (Å²) in [5.41, 5.74) is 5.22. The summed E-state index contributed by atoms with van der Waals surface area (Å²) in [6.45, 7) is 7.79. The number of aromatic nitrogens is 1. The number of rotatable bonds is 16. The molecule has 5 amide bonds. The van der Waals surface area contributed by atoms with Crippen LogP contribution in [0, 0.1) is 17.8 Å². The molecule has 12 nitrogen and oxygen atoms in total. The number of carbonyl (C=O) groups is 5. The number of carbonyl (C=O) groups excluding carboxylic acids is 5. The standard InChI is InChI=1S/C49H59N7O5/c57-45(21-14-39-12-9-25-50-35-39)51-26-7-6-10-37-23-28-55(29-24-37)48(60)40-15-17-42(18-16-40)54-32-30-53(31-33-54)27-8-4-2-1-3-5-11-38-13-19-43-41(34-38)36-56(49(43)61)44-20-22-46(58)52-47(44)59/h9,12-19,21,25,34-35,37,44H,1-4,6-8,10,20,22-24,26-33,36H2,(H,51,57)(H,52,58,59)/b21-14+. The van der Waals surface area contributed by atoms with Gasteiger partial charge in [-0.1, -0.05) is 43.6 Å². The van der Waals surface area contributed by atoms with Crippen molar-refractivity contribution in [2.75, 3.05) is 57.3 Å². The maximum Gasteiger partial charge on any atom is 0.255 e. The van der Waals surface area contributed by atoms with Crippen LogP contribution in [0.2, 0.25) is 0 Å². The molecular formula is C49H59N7O5. The van der Waals surface area contributed by atoms with Gasteiger partial charge in [0.05, 0.1) is 0 Å². The van der Waals surface area contributed by atoms with Gasteiger partial charge >= 0.3 is 0 Å². The second-order valence-corrected chi connectivity index (χ2v) is 16.8. The lowest BCUT2D eigenvalue weighted by Gasteiger charge is -2.36. The third-order valence-electron chi connectivity index (χ3n) is 12.5. The highest BCUT2D eigenvalue weighted by atomic mass is 16.2. The maximum absolute atomic E-state index is 13.3. The predicted molar refractivity (Wildman–Crippen MR) is 236 cm³/mol. The van der Waals surface area contributed by atoms with Crippen LogP contribution < -0.4 is 15.5 Å². The fourth-order valence-electron chi connectivity index (χ4n) is 8.85. The van der Waals surface area contributed by atoms with Crippen molar-refractivity contribution in [3.8, 4) is 11.8 Å². The molecule has 12 heteroatoms. The Kier molecular flexibility index (Phi) is 15.4. The number of piperazine rings is 1. The first-order chi connectivity index (χ1) is 29.8.